The number of aryl methyl sites for hydroxylation is 1. The van der Waals surface area contributed by atoms with Crippen LogP contribution in [0, 0.1) is 6.92 Å². The van der Waals surface area contributed by atoms with Gasteiger partial charge in [-0.1, -0.05) is 18.2 Å². The Hall–Kier alpha value is -1.35. The van der Waals surface area contributed by atoms with Crippen LogP contribution in [-0.4, -0.2) is 31.6 Å². The summed E-state index contributed by atoms with van der Waals surface area (Å²) < 4.78 is 5.35. The Morgan fingerprint density at radius 2 is 2.09 bits per heavy atom. The zero-order chi connectivity index (χ0) is 15.8. The topological polar surface area (TPSA) is 58.5 Å². The molecule has 2 aromatic rings. The fourth-order valence-electron chi connectivity index (χ4n) is 2.08. The molecule has 1 heterocycles. The van der Waals surface area contributed by atoms with Crippen molar-refractivity contribution in [3.05, 3.63) is 45.9 Å². The van der Waals surface area contributed by atoms with Crippen molar-refractivity contribution in [2.24, 2.45) is 4.99 Å². The molecule has 0 bridgehead atoms. The lowest BCUT2D eigenvalue weighted by Gasteiger charge is -2.13. The highest BCUT2D eigenvalue weighted by atomic mass is 127. The Bertz CT molecular complexity index is 630. The van der Waals surface area contributed by atoms with Crippen LogP contribution in [0.4, 0.5) is 0 Å². The summed E-state index contributed by atoms with van der Waals surface area (Å²) in [7, 11) is 3.45. The van der Waals surface area contributed by atoms with E-state index in [4.69, 9.17) is 4.74 Å². The van der Waals surface area contributed by atoms with Crippen molar-refractivity contribution in [2.45, 2.75) is 19.9 Å². The third-order valence-corrected chi connectivity index (χ3v) is 4.02. The predicted octanol–water partition coefficient (Wildman–Crippen LogP) is 2.99. The molecule has 5 nitrogen and oxygen atoms in total. The van der Waals surface area contributed by atoms with Crippen LogP contribution in [0.2, 0.25) is 0 Å². The number of para-hydroxylation sites is 1. The van der Waals surface area contributed by atoms with E-state index in [1.807, 2.05) is 31.2 Å². The highest BCUT2D eigenvalue weighted by Crippen LogP contribution is 2.16. The van der Waals surface area contributed by atoms with Gasteiger partial charge in [0.25, 0.3) is 0 Å². The molecule has 0 saturated carbocycles. The number of methoxy groups -OCH3 is 1. The SMILES string of the molecule is CN=C(NCCc1csc(C)n1)NCc1ccccc1OC.I. The second-order valence-corrected chi connectivity index (χ2v) is 5.83. The predicted molar refractivity (Wildman–Crippen MR) is 107 cm³/mol. The third-order valence-electron chi connectivity index (χ3n) is 3.20. The molecule has 0 spiro atoms. The van der Waals surface area contributed by atoms with Gasteiger partial charge in [-0.3, -0.25) is 4.99 Å². The monoisotopic (exact) mass is 446 g/mol. The van der Waals surface area contributed by atoms with Gasteiger partial charge in [0.1, 0.15) is 5.75 Å². The molecule has 0 aliphatic heterocycles. The van der Waals surface area contributed by atoms with Gasteiger partial charge < -0.3 is 15.4 Å². The maximum absolute atomic E-state index is 5.35. The smallest absolute Gasteiger partial charge is 0.191 e. The van der Waals surface area contributed by atoms with Gasteiger partial charge >= 0.3 is 0 Å². The number of hydrogen-bond donors (Lipinski definition) is 2. The second-order valence-electron chi connectivity index (χ2n) is 4.77. The Morgan fingerprint density at radius 3 is 2.74 bits per heavy atom. The van der Waals surface area contributed by atoms with Crippen molar-refractivity contribution < 1.29 is 4.74 Å². The summed E-state index contributed by atoms with van der Waals surface area (Å²) in [6, 6.07) is 7.96. The number of rotatable bonds is 6. The molecule has 23 heavy (non-hydrogen) atoms. The molecule has 126 valence electrons. The maximum Gasteiger partial charge on any atom is 0.191 e. The lowest BCUT2D eigenvalue weighted by molar-refractivity contribution is 0.409. The van der Waals surface area contributed by atoms with E-state index >= 15 is 0 Å². The van der Waals surface area contributed by atoms with Crippen molar-refractivity contribution in [3.63, 3.8) is 0 Å². The van der Waals surface area contributed by atoms with Crippen LogP contribution < -0.4 is 15.4 Å². The zero-order valence-corrected chi connectivity index (χ0v) is 16.8. The molecular formula is C16H23IN4OS. The van der Waals surface area contributed by atoms with Crippen LogP contribution in [0.15, 0.2) is 34.6 Å². The molecule has 7 heteroatoms. The van der Waals surface area contributed by atoms with Crippen molar-refractivity contribution in [3.8, 4) is 5.75 Å². The Labute approximate surface area is 158 Å². The van der Waals surface area contributed by atoms with E-state index < -0.39 is 0 Å². The first kappa shape index (κ1) is 19.7. The van der Waals surface area contributed by atoms with E-state index in [-0.39, 0.29) is 24.0 Å². The molecule has 1 aromatic carbocycles. The Kier molecular flexibility index (Phi) is 8.93. The van der Waals surface area contributed by atoms with Gasteiger partial charge in [0.2, 0.25) is 0 Å². The molecule has 2 rings (SSSR count). The summed E-state index contributed by atoms with van der Waals surface area (Å²) in [4.78, 5) is 8.68. The molecule has 0 unspecified atom stereocenters. The molecule has 0 fully saturated rings. The minimum atomic E-state index is 0. The van der Waals surface area contributed by atoms with Crippen molar-refractivity contribution >= 4 is 41.3 Å². The number of hydrogen-bond acceptors (Lipinski definition) is 4. The highest BCUT2D eigenvalue weighted by molar-refractivity contribution is 14.0. The first-order chi connectivity index (χ1) is 10.7. The lowest BCUT2D eigenvalue weighted by atomic mass is 10.2. The van der Waals surface area contributed by atoms with E-state index in [1.54, 1.807) is 25.5 Å². The van der Waals surface area contributed by atoms with E-state index in [1.165, 1.54) is 0 Å². The van der Waals surface area contributed by atoms with Gasteiger partial charge in [-0.25, -0.2) is 4.98 Å². The molecule has 0 radical (unpaired) electrons. The molecule has 2 N–H and O–H groups in total. The van der Waals surface area contributed by atoms with E-state index in [9.17, 15) is 0 Å². The number of nitrogens with zero attached hydrogens (tertiary/aromatic N) is 2. The van der Waals surface area contributed by atoms with Gasteiger partial charge in [-0.05, 0) is 13.0 Å². The fourth-order valence-corrected chi connectivity index (χ4v) is 2.73. The van der Waals surface area contributed by atoms with Crippen LogP contribution >= 0.6 is 35.3 Å². The van der Waals surface area contributed by atoms with Gasteiger partial charge in [-0.15, -0.1) is 35.3 Å². The van der Waals surface area contributed by atoms with Crippen molar-refractivity contribution in [2.75, 3.05) is 20.7 Å². The number of benzene rings is 1. The van der Waals surface area contributed by atoms with E-state index in [0.717, 1.165) is 40.9 Å². The van der Waals surface area contributed by atoms with E-state index in [0.29, 0.717) is 6.54 Å². The standard InChI is InChI=1S/C16H22N4OS.HI/c1-12-20-14(11-22-12)8-9-18-16(17-2)19-10-13-6-4-5-7-15(13)21-3;/h4-7,11H,8-10H2,1-3H3,(H2,17,18,19);1H. The number of thiazole rings is 1. The zero-order valence-electron chi connectivity index (χ0n) is 13.6. The van der Waals surface area contributed by atoms with Crippen LogP contribution in [0.3, 0.4) is 0 Å². The first-order valence-electron chi connectivity index (χ1n) is 7.20. The average Bonchev–Trinajstić information content (AvgIpc) is 2.96. The first-order valence-corrected chi connectivity index (χ1v) is 8.08. The Morgan fingerprint density at radius 1 is 1.30 bits per heavy atom. The minimum absolute atomic E-state index is 0. The fraction of sp³-hybridized carbons (Fsp3) is 0.375. The number of aliphatic imine (C=N–C) groups is 1. The van der Waals surface area contributed by atoms with Gasteiger partial charge in [0.05, 0.1) is 17.8 Å². The van der Waals surface area contributed by atoms with Crippen LogP contribution in [0.25, 0.3) is 0 Å². The maximum atomic E-state index is 5.35. The van der Waals surface area contributed by atoms with Crippen LogP contribution in [0.1, 0.15) is 16.3 Å². The quantitative estimate of drug-likeness (QED) is 0.407. The minimum Gasteiger partial charge on any atom is -0.496 e. The molecule has 1 aromatic heterocycles. The summed E-state index contributed by atoms with van der Waals surface area (Å²) in [6.45, 7) is 3.49. The van der Waals surface area contributed by atoms with Crippen molar-refractivity contribution in [1.82, 2.24) is 15.6 Å². The number of guanidine groups is 1. The molecular weight excluding hydrogens is 423 g/mol. The van der Waals surface area contributed by atoms with Crippen molar-refractivity contribution in [1.29, 1.82) is 0 Å². The summed E-state index contributed by atoms with van der Waals surface area (Å²) in [5.41, 5.74) is 2.22. The lowest BCUT2D eigenvalue weighted by Crippen LogP contribution is -2.37. The van der Waals surface area contributed by atoms with Gasteiger partial charge in [0, 0.05) is 37.5 Å². The normalized spacial score (nSPS) is 10.8. The van der Waals surface area contributed by atoms with E-state index in [2.05, 4.69) is 26.0 Å². The summed E-state index contributed by atoms with van der Waals surface area (Å²) in [5.74, 6) is 1.65. The number of aromatic nitrogens is 1. The van der Waals surface area contributed by atoms with Crippen LogP contribution in [0.5, 0.6) is 5.75 Å². The molecule has 0 saturated heterocycles. The molecule has 0 atom stereocenters. The summed E-state index contributed by atoms with van der Waals surface area (Å²) >= 11 is 1.68. The number of ether oxygens (including phenoxy) is 1. The molecule has 0 aliphatic carbocycles. The van der Waals surface area contributed by atoms with Gasteiger partial charge in [-0.2, -0.15) is 0 Å². The number of halogens is 1. The van der Waals surface area contributed by atoms with Crippen LogP contribution in [-0.2, 0) is 13.0 Å². The third kappa shape index (κ3) is 6.34. The number of nitrogens with one attached hydrogen (secondary N) is 2. The molecule has 0 amide bonds. The largest absolute Gasteiger partial charge is 0.496 e. The summed E-state index contributed by atoms with van der Waals surface area (Å²) in [6.07, 6.45) is 0.889. The molecule has 0 aliphatic rings. The Balaban J connectivity index is 0.00000264. The van der Waals surface area contributed by atoms with Gasteiger partial charge in [0.15, 0.2) is 5.96 Å². The second kappa shape index (κ2) is 10.4. The average molecular weight is 446 g/mol. The summed E-state index contributed by atoms with van der Waals surface area (Å²) in [5, 5.41) is 9.80. The highest BCUT2D eigenvalue weighted by Gasteiger charge is 2.04.